The minimum Gasteiger partial charge on any atom is -0.504 e. The fraction of sp³-hybridized carbons (Fsp3) is 0.458. The van der Waals surface area contributed by atoms with E-state index >= 15 is 0 Å². The summed E-state index contributed by atoms with van der Waals surface area (Å²) >= 11 is 0. The third-order valence-corrected chi connectivity index (χ3v) is 5.01. The van der Waals surface area contributed by atoms with Crippen molar-refractivity contribution < 1.29 is 24.5 Å². The number of phenolic OH excluding ortho intramolecular Hbond substituents is 1. The van der Waals surface area contributed by atoms with Crippen LogP contribution in [0.3, 0.4) is 0 Å². The maximum atomic E-state index is 11.2. The molecule has 2 N–H and O–H groups in total. The molecule has 0 aromatic heterocycles. The number of methoxy groups -OCH3 is 1. The highest BCUT2D eigenvalue weighted by Gasteiger charge is 2.14. The first kappa shape index (κ1) is 22.6. The van der Waals surface area contributed by atoms with Gasteiger partial charge < -0.3 is 19.7 Å². The number of hydrogen-bond donors (Lipinski definition) is 2. The van der Waals surface area contributed by atoms with Crippen LogP contribution in [0.4, 0.5) is 0 Å². The average Bonchev–Trinajstić information content (AvgIpc) is 2.70. The molecule has 0 spiro atoms. The van der Waals surface area contributed by atoms with Gasteiger partial charge >= 0.3 is 5.97 Å². The molecule has 0 saturated heterocycles. The molecule has 0 amide bonds. The normalized spacial score (nSPS) is 11.8. The zero-order chi connectivity index (χ0) is 21.2. The Kier molecular flexibility index (Phi) is 8.84. The van der Waals surface area contributed by atoms with E-state index in [2.05, 4.69) is 13.0 Å². The van der Waals surface area contributed by atoms with Crippen molar-refractivity contribution in [2.45, 2.75) is 52.4 Å². The second-order valence-corrected chi connectivity index (χ2v) is 7.45. The Morgan fingerprint density at radius 1 is 1.03 bits per heavy atom. The Hall–Kier alpha value is -2.69. The van der Waals surface area contributed by atoms with Crippen LogP contribution in [0, 0.1) is 5.92 Å². The molecule has 0 aliphatic rings. The van der Waals surface area contributed by atoms with Crippen molar-refractivity contribution in [3.05, 3.63) is 53.1 Å². The van der Waals surface area contributed by atoms with E-state index in [1.165, 1.54) is 0 Å². The molecule has 2 aromatic rings. The number of carboxylic acids is 1. The van der Waals surface area contributed by atoms with Crippen LogP contribution in [0.1, 0.15) is 49.8 Å². The van der Waals surface area contributed by atoms with Crippen LogP contribution >= 0.6 is 0 Å². The quantitative estimate of drug-likeness (QED) is 0.489. The number of unbranched alkanes of at least 4 members (excludes halogenated alkanes) is 1. The average molecular weight is 401 g/mol. The van der Waals surface area contributed by atoms with Crippen LogP contribution in [0.2, 0.25) is 0 Å². The summed E-state index contributed by atoms with van der Waals surface area (Å²) in [7, 11) is 1.55. The van der Waals surface area contributed by atoms with Gasteiger partial charge in [-0.2, -0.15) is 0 Å². The lowest BCUT2D eigenvalue weighted by molar-refractivity contribution is -0.141. The molecular formula is C24H32O5. The highest BCUT2D eigenvalue weighted by atomic mass is 16.5. The van der Waals surface area contributed by atoms with Crippen molar-refractivity contribution in [2.24, 2.45) is 5.92 Å². The highest BCUT2D eigenvalue weighted by molar-refractivity contribution is 5.70. The van der Waals surface area contributed by atoms with Crippen molar-refractivity contribution in [1.29, 1.82) is 0 Å². The smallest absolute Gasteiger partial charge is 0.306 e. The molecule has 1 unspecified atom stereocenters. The van der Waals surface area contributed by atoms with Crippen molar-refractivity contribution in [2.75, 3.05) is 13.7 Å². The second kappa shape index (κ2) is 11.3. The number of rotatable bonds is 12. The molecule has 2 aromatic carbocycles. The summed E-state index contributed by atoms with van der Waals surface area (Å²) in [5.74, 6) is 0.287. The van der Waals surface area contributed by atoms with Crippen LogP contribution in [0.5, 0.6) is 17.2 Å². The van der Waals surface area contributed by atoms with Gasteiger partial charge in [-0.15, -0.1) is 0 Å². The van der Waals surface area contributed by atoms with Gasteiger partial charge in [0.05, 0.1) is 19.6 Å². The summed E-state index contributed by atoms with van der Waals surface area (Å²) in [6.45, 7) is 4.51. The number of phenols is 1. The van der Waals surface area contributed by atoms with E-state index in [1.807, 2.05) is 24.3 Å². The van der Waals surface area contributed by atoms with Gasteiger partial charge in [0, 0.05) is 0 Å². The Morgan fingerprint density at radius 2 is 1.76 bits per heavy atom. The molecule has 0 aliphatic carbocycles. The molecule has 158 valence electrons. The number of carboxylic acid groups (broad SMARTS) is 1. The van der Waals surface area contributed by atoms with Crippen molar-refractivity contribution in [3.63, 3.8) is 0 Å². The van der Waals surface area contributed by atoms with E-state index in [0.717, 1.165) is 54.5 Å². The first-order chi connectivity index (χ1) is 13.9. The lowest BCUT2D eigenvalue weighted by atomic mass is 9.97. The molecule has 0 fully saturated rings. The zero-order valence-electron chi connectivity index (χ0n) is 17.6. The largest absolute Gasteiger partial charge is 0.504 e. The first-order valence-electron chi connectivity index (χ1n) is 10.3. The fourth-order valence-electron chi connectivity index (χ4n) is 3.19. The summed E-state index contributed by atoms with van der Waals surface area (Å²) in [5.41, 5.74) is 3.23. The predicted octanol–water partition coefficient (Wildman–Crippen LogP) is 5.02. The Bertz CT molecular complexity index is 800. The van der Waals surface area contributed by atoms with Crippen molar-refractivity contribution >= 4 is 5.97 Å². The van der Waals surface area contributed by atoms with Gasteiger partial charge in [-0.25, -0.2) is 0 Å². The molecule has 0 bridgehead atoms. The number of aromatic hydroxyl groups is 1. The molecule has 5 nitrogen and oxygen atoms in total. The fourth-order valence-corrected chi connectivity index (χ4v) is 3.19. The Labute approximate surface area is 173 Å². The van der Waals surface area contributed by atoms with Crippen LogP contribution in [-0.2, 0) is 24.1 Å². The number of aliphatic carboxylic acids is 1. The van der Waals surface area contributed by atoms with Crippen molar-refractivity contribution in [3.8, 4) is 17.2 Å². The topological polar surface area (TPSA) is 76.0 Å². The van der Waals surface area contributed by atoms with E-state index in [0.29, 0.717) is 18.8 Å². The van der Waals surface area contributed by atoms with Gasteiger partial charge in [-0.3, -0.25) is 4.79 Å². The maximum Gasteiger partial charge on any atom is 0.306 e. The van der Waals surface area contributed by atoms with E-state index in [4.69, 9.17) is 14.6 Å². The zero-order valence-corrected chi connectivity index (χ0v) is 17.6. The molecule has 2 rings (SSSR count). The van der Waals surface area contributed by atoms with E-state index in [-0.39, 0.29) is 5.75 Å². The summed E-state index contributed by atoms with van der Waals surface area (Å²) in [6.07, 6.45) is 5.20. The number of carbonyl (C=O) groups is 1. The second-order valence-electron chi connectivity index (χ2n) is 7.45. The molecule has 0 heterocycles. The lowest BCUT2D eigenvalue weighted by Gasteiger charge is -2.15. The molecule has 1 atom stereocenters. The van der Waals surface area contributed by atoms with E-state index in [1.54, 1.807) is 20.1 Å². The van der Waals surface area contributed by atoms with E-state index in [9.17, 15) is 9.90 Å². The molecule has 0 saturated carbocycles. The molecular weight excluding hydrogens is 368 g/mol. The summed E-state index contributed by atoms with van der Waals surface area (Å²) in [5, 5.41) is 18.9. The number of hydrogen-bond acceptors (Lipinski definition) is 4. The van der Waals surface area contributed by atoms with Crippen LogP contribution in [0.15, 0.2) is 36.4 Å². The maximum absolute atomic E-state index is 11.2. The molecule has 0 radical (unpaired) electrons. The van der Waals surface area contributed by atoms with Gasteiger partial charge in [0.15, 0.2) is 11.5 Å². The minimum absolute atomic E-state index is 0.147. The van der Waals surface area contributed by atoms with E-state index < -0.39 is 11.9 Å². The molecule has 5 heteroatoms. The Balaban J connectivity index is 2.06. The number of benzene rings is 2. The first-order valence-corrected chi connectivity index (χ1v) is 10.3. The number of ether oxygens (including phenoxy) is 2. The van der Waals surface area contributed by atoms with Gasteiger partial charge in [0.25, 0.3) is 0 Å². The number of aryl methyl sites for hydroxylation is 2. The summed E-state index contributed by atoms with van der Waals surface area (Å²) in [4.78, 5) is 11.2. The summed E-state index contributed by atoms with van der Waals surface area (Å²) < 4.78 is 11.2. The monoisotopic (exact) mass is 400 g/mol. The minimum atomic E-state index is -0.785. The highest BCUT2D eigenvalue weighted by Crippen LogP contribution is 2.28. The van der Waals surface area contributed by atoms with Crippen LogP contribution < -0.4 is 9.47 Å². The third-order valence-electron chi connectivity index (χ3n) is 5.01. The van der Waals surface area contributed by atoms with Gasteiger partial charge in [-0.1, -0.05) is 38.5 Å². The standard InChI is InChI=1S/C24H32O5/c1-4-5-13-29-22-16-19(14-17(2)24(26)27)9-11-20(22)8-6-7-18-10-12-21(25)23(15-18)28-3/h9-12,15-17,25H,4-8,13-14H2,1-3H3,(H,26,27). The van der Waals surface area contributed by atoms with Gasteiger partial charge in [0.1, 0.15) is 5.75 Å². The predicted molar refractivity (Wildman–Crippen MR) is 114 cm³/mol. The summed E-state index contributed by atoms with van der Waals surface area (Å²) in [6, 6.07) is 11.5. The van der Waals surface area contributed by atoms with Crippen LogP contribution in [-0.4, -0.2) is 29.9 Å². The SMILES string of the molecule is CCCCOc1cc(CC(C)C(=O)O)ccc1CCCc1ccc(O)c(OC)c1. The molecule has 0 aliphatic heterocycles. The third kappa shape index (κ3) is 7.00. The van der Waals surface area contributed by atoms with Gasteiger partial charge in [-0.05, 0) is 67.0 Å². The van der Waals surface area contributed by atoms with Gasteiger partial charge in [0.2, 0.25) is 0 Å². The molecule has 29 heavy (non-hydrogen) atoms. The van der Waals surface area contributed by atoms with Crippen LogP contribution in [0.25, 0.3) is 0 Å². The van der Waals surface area contributed by atoms with Crippen molar-refractivity contribution in [1.82, 2.24) is 0 Å². The Morgan fingerprint density at radius 3 is 2.45 bits per heavy atom. The lowest BCUT2D eigenvalue weighted by Crippen LogP contribution is -2.12.